The topological polar surface area (TPSA) is 56.8 Å². The van der Waals surface area contributed by atoms with Crippen LogP contribution in [0.25, 0.3) is 0 Å². The molecule has 5 heteroatoms. The van der Waals surface area contributed by atoms with E-state index < -0.39 is 17.1 Å². The van der Waals surface area contributed by atoms with Crippen LogP contribution in [0.15, 0.2) is 54.6 Å². The predicted octanol–water partition coefficient (Wildman–Crippen LogP) is 3.14. The van der Waals surface area contributed by atoms with E-state index in [-0.39, 0.29) is 11.8 Å². The molecule has 2 aliphatic heterocycles. The molecular formula is C26H27NO4. The Balaban J connectivity index is 1.40. The molecule has 4 aliphatic rings. The number of nitrogens with one attached hydrogen (secondary N) is 1. The molecule has 2 heterocycles. The van der Waals surface area contributed by atoms with Crippen LogP contribution in [0.1, 0.15) is 29.5 Å². The van der Waals surface area contributed by atoms with Crippen molar-refractivity contribution in [3.05, 3.63) is 71.3 Å². The zero-order valence-corrected chi connectivity index (χ0v) is 17.7. The number of aryl methyl sites for hydroxylation is 1. The summed E-state index contributed by atoms with van der Waals surface area (Å²) in [6, 6.07) is 14.7. The van der Waals surface area contributed by atoms with Crippen molar-refractivity contribution in [3.8, 4) is 11.5 Å². The highest BCUT2D eigenvalue weighted by Gasteiger charge is 2.71. The maximum atomic E-state index is 13.0. The van der Waals surface area contributed by atoms with Crippen LogP contribution in [-0.4, -0.2) is 43.8 Å². The molecule has 1 saturated heterocycles. The lowest BCUT2D eigenvalue weighted by Crippen LogP contribution is -2.75. The number of carbonyl (C=O) groups is 1. The molecule has 2 bridgehead atoms. The van der Waals surface area contributed by atoms with E-state index in [0.29, 0.717) is 12.4 Å². The van der Waals surface area contributed by atoms with Crippen molar-refractivity contribution >= 4 is 5.78 Å². The second-order valence-corrected chi connectivity index (χ2v) is 9.03. The lowest BCUT2D eigenvalue weighted by Gasteiger charge is -2.59. The van der Waals surface area contributed by atoms with Crippen LogP contribution in [-0.2, 0) is 27.8 Å². The standard InChI is InChI=1S/C26H27NO4/c1-29-20-10-9-18-16-21-26(30-15-5-8-17-6-3-2-4-7-17)12-11-19(28)24-25(26,13-14-27-21)22(18)23(20)31-24/h2-4,6-7,9-12,21,24,27H,5,8,13-16H2,1H3/t21-,24+,25+,26-/m1/s1. The summed E-state index contributed by atoms with van der Waals surface area (Å²) >= 11 is 0. The highest BCUT2D eigenvalue weighted by atomic mass is 16.5. The fraction of sp³-hybridized carbons (Fsp3) is 0.423. The van der Waals surface area contributed by atoms with E-state index in [4.69, 9.17) is 14.2 Å². The van der Waals surface area contributed by atoms with E-state index in [1.165, 1.54) is 11.1 Å². The highest BCUT2D eigenvalue weighted by molar-refractivity contribution is 5.99. The van der Waals surface area contributed by atoms with Gasteiger partial charge in [0.2, 0.25) is 0 Å². The molecule has 2 aromatic carbocycles. The van der Waals surface area contributed by atoms with Gasteiger partial charge in [0.15, 0.2) is 23.4 Å². The summed E-state index contributed by atoms with van der Waals surface area (Å²) in [6.45, 7) is 1.48. The first kappa shape index (κ1) is 19.1. The Morgan fingerprint density at radius 2 is 2.06 bits per heavy atom. The third-order valence-electron chi connectivity index (χ3n) is 7.65. The zero-order chi connectivity index (χ0) is 21.1. The minimum absolute atomic E-state index is 0.0234. The Bertz CT molecular complexity index is 1060. The second kappa shape index (κ2) is 6.94. The fourth-order valence-corrected chi connectivity index (χ4v) is 6.39. The van der Waals surface area contributed by atoms with Crippen molar-refractivity contribution in [1.82, 2.24) is 5.32 Å². The van der Waals surface area contributed by atoms with E-state index >= 15 is 0 Å². The molecule has 160 valence electrons. The van der Waals surface area contributed by atoms with Gasteiger partial charge in [0, 0.05) is 18.2 Å². The monoisotopic (exact) mass is 417 g/mol. The quantitative estimate of drug-likeness (QED) is 0.732. The molecule has 31 heavy (non-hydrogen) atoms. The van der Waals surface area contributed by atoms with Crippen molar-refractivity contribution in [1.29, 1.82) is 0 Å². The third-order valence-corrected chi connectivity index (χ3v) is 7.65. The van der Waals surface area contributed by atoms with Gasteiger partial charge in [0.1, 0.15) is 5.60 Å². The van der Waals surface area contributed by atoms with Gasteiger partial charge in [-0.15, -0.1) is 0 Å². The Labute approximate surface area is 182 Å². The van der Waals surface area contributed by atoms with Crippen molar-refractivity contribution in [2.24, 2.45) is 0 Å². The van der Waals surface area contributed by atoms with Crippen LogP contribution in [0, 0.1) is 0 Å². The van der Waals surface area contributed by atoms with E-state index in [2.05, 4.69) is 35.6 Å². The number of ether oxygens (including phenoxy) is 3. The Morgan fingerprint density at radius 3 is 2.90 bits per heavy atom. The average Bonchev–Trinajstić information content (AvgIpc) is 3.14. The summed E-state index contributed by atoms with van der Waals surface area (Å²) in [5.74, 6) is 1.46. The van der Waals surface area contributed by atoms with Crippen molar-refractivity contribution in [2.45, 2.75) is 48.8 Å². The normalized spacial score (nSPS) is 31.8. The second-order valence-electron chi connectivity index (χ2n) is 9.03. The molecule has 4 atom stereocenters. The molecule has 5 nitrogen and oxygen atoms in total. The number of benzene rings is 2. The largest absolute Gasteiger partial charge is 0.493 e. The maximum Gasteiger partial charge on any atom is 0.196 e. The van der Waals surface area contributed by atoms with Gasteiger partial charge >= 0.3 is 0 Å². The number of piperidine rings is 1. The number of rotatable bonds is 6. The van der Waals surface area contributed by atoms with E-state index in [0.717, 1.165) is 43.5 Å². The molecule has 1 N–H and O–H groups in total. The molecular weight excluding hydrogens is 390 g/mol. The van der Waals surface area contributed by atoms with Crippen LogP contribution in [0.4, 0.5) is 0 Å². The van der Waals surface area contributed by atoms with Crippen LogP contribution in [0.3, 0.4) is 0 Å². The van der Waals surface area contributed by atoms with Gasteiger partial charge in [-0.3, -0.25) is 4.79 Å². The fourth-order valence-electron chi connectivity index (χ4n) is 6.39. The summed E-state index contributed by atoms with van der Waals surface area (Å²) in [5, 5.41) is 3.70. The molecule has 1 spiro atoms. The lowest BCUT2D eigenvalue weighted by atomic mass is 9.51. The van der Waals surface area contributed by atoms with Gasteiger partial charge < -0.3 is 19.5 Å². The van der Waals surface area contributed by atoms with Crippen molar-refractivity contribution < 1.29 is 19.0 Å². The molecule has 6 rings (SSSR count). The van der Waals surface area contributed by atoms with Gasteiger partial charge in [0.25, 0.3) is 0 Å². The smallest absolute Gasteiger partial charge is 0.196 e. The van der Waals surface area contributed by atoms with Crippen molar-refractivity contribution in [2.75, 3.05) is 20.3 Å². The Morgan fingerprint density at radius 1 is 1.19 bits per heavy atom. The summed E-state index contributed by atoms with van der Waals surface area (Å²) in [4.78, 5) is 13.0. The molecule has 0 amide bonds. The first-order valence-corrected chi connectivity index (χ1v) is 11.2. The molecule has 0 radical (unpaired) electrons. The molecule has 0 unspecified atom stereocenters. The molecule has 2 aliphatic carbocycles. The first-order valence-electron chi connectivity index (χ1n) is 11.2. The summed E-state index contributed by atoms with van der Waals surface area (Å²) in [7, 11) is 1.66. The SMILES string of the molecule is COc1ccc2c3c1O[C@H]1C(=O)C=C[C@@]4(OCCCc5ccccc5)[C@@H](C2)NCC[C@]314. The van der Waals surface area contributed by atoms with E-state index in [1.807, 2.05) is 18.2 Å². The minimum atomic E-state index is -0.592. The van der Waals surface area contributed by atoms with Gasteiger partial charge in [0.05, 0.1) is 12.5 Å². The van der Waals surface area contributed by atoms with E-state index in [1.54, 1.807) is 13.2 Å². The number of hydrogen-bond donors (Lipinski definition) is 1. The number of methoxy groups -OCH3 is 1. The number of hydrogen-bond acceptors (Lipinski definition) is 5. The van der Waals surface area contributed by atoms with Gasteiger partial charge in [-0.25, -0.2) is 0 Å². The maximum absolute atomic E-state index is 13.0. The predicted molar refractivity (Wildman–Crippen MR) is 117 cm³/mol. The van der Waals surface area contributed by atoms with Gasteiger partial charge in [-0.05, 0) is 61.6 Å². The minimum Gasteiger partial charge on any atom is -0.493 e. The zero-order valence-electron chi connectivity index (χ0n) is 17.7. The van der Waals surface area contributed by atoms with Crippen molar-refractivity contribution in [3.63, 3.8) is 0 Å². The highest BCUT2D eigenvalue weighted by Crippen LogP contribution is 2.63. The Kier molecular flexibility index (Phi) is 4.27. The molecule has 0 saturated carbocycles. The van der Waals surface area contributed by atoms with Gasteiger partial charge in [-0.1, -0.05) is 36.4 Å². The molecule has 0 aromatic heterocycles. The third kappa shape index (κ3) is 2.47. The summed E-state index contributed by atoms with van der Waals surface area (Å²) in [6.07, 6.45) is 6.72. The summed E-state index contributed by atoms with van der Waals surface area (Å²) in [5.41, 5.74) is 2.60. The van der Waals surface area contributed by atoms with Crippen LogP contribution >= 0.6 is 0 Å². The van der Waals surface area contributed by atoms with Crippen LogP contribution < -0.4 is 14.8 Å². The molecule has 1 fully saturated rings. The van der Waals surface area contributed by atoms with E-state index in [9.17, 15) is 4.79 Å². The van der Waals surface area contributed by atoms with Gasteiger partial charge in [-0.2, -0.15) is 0 Å². The van der Waals surface area contributed by atoms with Crippen LogP contribution in [0.5, 0.6) is 11.5 Å². The number of ketones is 1. The first-order chi connectivity index (χ1) is 15.2. The summed E-state index contributed by atoms with van der Waals surface area (Å²) < 4.78 is 18.8. The average molecular weight is 418 g/mol. The number of carbonyl (C=O) groups excluding carboxylic acids is 1. The lowest BCUT2D eigenvalue weighted by molar-refractivity contribution is -0.154. The van der Waals surface area contributed by atoms with Crippen LogP contribution in [0.2, 0.25) is 0 Å². The Hall–Kier alpha value is -2.63. The molecule has 2 aromatic rings.